The fourth-order valence-electron chi connectivity index (χ4n) is 6.11. The first-order valence-electron chi connectivity index (χ1n) is 18.7. The van der Waals surface area contributed by atoms with Gasteiger partial charge in [-0.2, -0.15) is 9.97 Å². The molecular formula is C36H43F4N7O17. The van der Waals surface area contributed by atoms with Gasteiger partial charge in [0.2, 0.25) is 23.4 Å². The van der Waals surface area contributed by atoms with Gasteiger partial charge in [-0.25, -0.2) is 27.2 Å². The number of esters is 1. The Kier molecular flexibility index (Phi) is 16.8. The second kappa shape index (κ2) is 21.2. The molecule has 0 aromatic carbocycles. The van der Waals surface area contributed by atoms with E-state index in [0.29, 0.717) is 6.20 Å². The van der Waals surface area contributed by atoms with Gasteiger partial charge in [0.15, 0.2) is 47.8 Å². The first-order valence-corrected chi connectivity index (χ1v) is 18.7. The number of rotatable bonds is 5. The summed E-state index contributed by atoms with van der Waals surface area (Å²) in [5.74, 6) is -7.77. The number of aliphatic hydroxyl groups excluding tert-OH is 6. The van der Waals surface area contributed by atoms with Crippen molar-refractivity contribution in [1.29, 1.82) is 0 Å². The van der Waals surface area contributed by atoms with Gasteiger partial charge in [0.25, 0.3) is 0 Å². The molecule has 28 heteroatoms. The number of Topliss-reactive ketones (excluding diaryl/α,β-unsaturated/α-hetero) is 2. The molecule has 0 bridgehead atoms. The van der Waals surface area contributed by atoms with Crippen LogP contribution in [0.15, 0.2) is 46.0 Å². The summed E-state index contributed by atoms with van der Waals surface area (Å²) in [5, 5.41) is 59.7. The minimum absolute atomic E-state index is 0.357. The molecule has 7 rings (SSSR count). The van der Waals surface area contributed by atoms with Gasteiger partial charge in [-0.3, -0.25) is 38.0 Å². The van der Waals surface area contributed by atoms with Crippen LogP contribution in [0.4, 0.5) is 23.4 Å². The summed E-state index contributed by atoms with van der Waals surface area (Å²) in [6.07, 6.45) is -11.5. The van der Waals surface area contributed by atoms with Crippen molar-refractivity contribution >= 4 is 35.2 Å². The number of aliphatic hydroxyl groups is 6. The van der Waals surface area contributed by atoms with Crippen LogP contribution in [0.25, 0.3) is 0 Å². The van der Waals surface area contributed by atoms with Crippen molar-refractivity contribution < 1.29 is 91.1 Å². The molecule has 0 saturated carbocycles. The smallest absolute Gasteiger partial charge is 0.351 e. The van der Waals surface area contributed by atoms with Crippen molar-refractivity contribution in [3.05, 3.63) is 74.7 Å². The maximum Gasteiger partial charge on any atom is 0.351 e. The highest BCUT2D eigenvalue weighted by Gasteiger charge is 2.46. The van der Waals surface area contributed by atoms with Gasteiger partial charge >= 0.3 is 17.3 Å². The van der Waals surface area contributed by atoms with Gasteiger partial charge in [0, 0.05) is 18.6 Å². The molecule has 12 atom stereocenters. The Morgan fingerprint density at radius 2 is 1.17 bits per heavy atom. The van der Waals surface area contributed by atoms with E-state index in [-0.39, 0.29) is 12.1 Å². The number of carbonyl (C=O) groups is 5. The fourth-order valence-corrected chi connectivity index (χ4v) is 6.11. The molecule has 0 aliphatic carbocycles. The first kappa shape index (κ1) is 50.8. The summed E-state index contributed by atoms with van der Waals surface area (Å²) < 4.78 is 73.6. The minimum atomic E-state index is -1.38. The van der Waals surface area contributed by atoms with Gasteiger partial charge < -0.3 is 60.6 Å². The lowest BCUT2D eigenvalue weighted by atomic mass is 10.1. The van der Waals surface area contributed by atoms with E-state index in [1.165, 1.54) is 20.8 Å². The zero-order valence-corrected chi connectivity index (χ0v) is 33.9. The van der Waals surface area contributed by atoms with Crippen molar-refractivity contribution in [2.75, 3.05) is 12.8 Å². The summed E-state index contributed by atoms with van der Waals surface area (Å²) in [6, 6.07) is 0. The monoisotopic (exact) mass is 921 g/mol. The third kappa shape index (κ3) is 11.6. The number of hydrogen-bond donors (Lipinski definition) is 8. The number of hydrogen-bond acceptors (Lipinski definition) is 20. The molecule has 5 aliphatic heterocycles. The molecule has 2 aromatic heterocycles. The molecule has 7 heterocycles. The van der Waals surface area contributed by atoms with Gasteiger partial charge in [0.1, 0.15) is 36.6 Å². The number of halogens is 4. The summed E-state index contributed by atoms with van der Waals surface area (Å²) in [6.45, 7) is 4.56. The van der Waals surface area contributed by atoms with Crippen molar-refractivity contribution in [3.8, 4) is 0 Å². The topological polar surface area (TPSA) is 355 Å². The van der Waals surface area contributed by atoms with Gasteiger partial charge in [-0.05, 0) is 20.8 Å². The van der Waals surface area contributed by atoms with Gasteiger partial charge in [0.05, 0.1) is 56.6 Å². The number of nitrogens with zero attached hydrogens (tertiary/aromatic N) is 5. The Morgan fingerprint density at radius 3 is 1.61 bits per heavy atom. The quantitative estimate of drug-likeness (QED) is 0.0812. The Hall–Kier alpha value is -5.85. The molecule has 5 aliphatic rings. The van der Waals surface area contributed by atoms with Crippen LogP contribution in [0.1, 0.15) is 51.8 Å². The van der Waals surface area contributed by atoms with Crippen LogP contribution in [-0.2, 0) is 49.3 Å². The van der Waals surface area contributed by atoms with Crippen molar-refractivity contribution in [2.24, 2.45) is 0 Å². The van der Waals surface area contributed by atoms with Crippen LogP contribution in [0.3, 0.4) is 0 Å². The minimum Gasteiger partial charge on any atom is -0.469 e. The predicted molar refractivity (Wildman–Crippen MR) is 199 cm³/mol. The third-order valence-corrected chi connectivity index (χ3v) is 9.77. The zero-order chi connectivity index (χ0) is 48.1. The largest absolute Gasteiger partial charge is 0.469 e. The molecule has 3 saturated heterocycles. The van der Waals surface area contributed by atoms with E-state index in [2.05, 4.69) is 20.0 Å². The molecule has 64 heavy (non-hydrogen) atoms. The number of aromatic nitrogens is 4. The normalized spacial score (nSPS) is 31.1. The highest BCUT2D eigenvalue weighted by atomic mass is 19.1. The van der Waals surface area contributed by atoms with Gasteiger partial charge in [-0.1, -0.05) is 0 Å². The number of nitrogen functional groups attached to an aromatic ring is 1. The number of ketones is 2. The lowest BCUT2D eigenvalue weighted by Crippen LogP contribution is -2.46. The fraction of sp³-hybridized carbons (Fsp3) is 0.528. The molecular weight excluding hydrogens is 878 g/mol. The van der Waals surface area contributed by atoms with Crippen molar-refractivity contribution in [3.63, 3.8) is 0 Å². The second-order valence-electron chi connectivity index (χ2n) is 14.3. The van der Waals surface area contributed by atoms with Crippen LogP contribution in [-0.4, -0.2) is 152 Å². The SMILES string of the molecule is COC(=O)Cc1nc(=O)n([C@@H]2O[C@H](C)[C@@H](O)[C@H]2O)cc1F.C[C@H]1O[C@@H](N2C=C(F)C(=O)CC2=O)[C@H](O)[C@@H]1O.C[C@H]1O[C@@H](n2cc(F)c(N)nc2=O)[C@H](O)[C@@H]1O.O=C1CC(=O)C(F)=CN1. The van der Waals surface area contributed by atoms with E-state index < -0.39 is 156 Å². The zero-order valence-electron chi connectivity index (χ0n) is 33.9. The third-order valence-electron chi connectivity index (χ3n) is 9.77. The number of nitrogens with one attached hydrogen (secondary N) is 1. The van der Waals surface area contributed by atoms with Crippen LogP contribution < -0.4 is 22.4 Å². The van der Waals surface area contributed by atoms with Crippen LogP contribution in [0.5, 0.6) is 0 Å². The Bertz CT molecular complexity index is 2300. The number of carbonyl (C=O) groups excluding carboxylic acids is 5. The summed E-state index contributed by atoms with van der Waals surface area (Å²) in [4.78, 5) is 85.0. The molecule has 9 N–H and O–H groups in total. The summed E-state index contributed by atoms with van der Waals surface area (Å²) in [7, 11) is 1.13. The molecule has 3 fully saturated rings. The average molecular weight is 922 g/mol. The standard InChI is InChI=1S/C12H15FN2O6.C10H12FNO5.C9H12FN3O4.C5H4FNO2/c1-5-9(17)10(18)11(21-5)15-4-6(13)7(14-12(15)19)3-8(16)20-2;1-4-8(15)9(16)10(17-4)12-3-5(11)6(13)2-7(12)14;1-3-5(14)6(15)8(17-3)13-2-4(10)7(11)12-9(13)16;6-3-2-7-5(9)1-4(3)8/h4-5,9-11,17-18H,3H2,1-2H3;3-4,8-10,15-16H,2H2,1H3;2-3,5-6,8,14-15H,1H3,(H2,11,12,16);2H,1H2,(H,7,9)/t5-,9-,10-,11-;4-,8-,9-,10-;3-,5-,6-,8-;/m111./s1. The number of amides is 2. The Morgan fingerprint density at radius 1 is 0.719 bits per heavy atom. The second-order valence-corrected chi connectivity index (χ2v) is 14.3. The number of anilines is 1. The number of nitrogens with two attached hydrogens (primary N) is 1. The molecule has 2 aromatic rings. The molecule has 24 nitrogen and oxygen atoms in total. The predicted octanol–water partition coefficient (Wildman–Crippen LogP) is -3.71. The highest BCUT2D eigenvalue weighted by molar-refractivity contribution is 6.09. The average Bonchev–Trinajstić information content (AvgIpc) is 3.76. The summed E-state index contributed by atoms with van der Waals surface area (Å²) in [5.41, 5.74) is 3.01. The molecule has 0 unspecified atom stereocenters. The van der Waals surface area contributed by atoms with E-state index in [4.69, 9.17) is 19.9 Å². The lowest BCUT2D eigenvalue weighted by molar-refractivity contribution is -0.148. The van der Waals surface area contributed by atoms with Gasteiger partial charge in [-0.15, -0.1) is 0 Å². The number of ether oxygens (including phenoxy) is 4. The lowest BCUT2D eigenvalue weighted by Gasteiger charge is -2.29. The van der Waals surface area contributed by atoms with E-state index >= 15 is 0 Å². The number of methoxy groups -OCH3 is 1. The summed E-state index contributed by atoms with van der Waals surface area (Å²) >= 11 is 0. The van der Waals surface area contributed by atoms with Crippen molar-refractivity contribution in [2.45, 2.75) is 114 Å². The van der Waals surface area contributed by atoms with Crippen LogP contribution >= 0.6 is 0 Å². The van der Waals surface area contributed by atoms with Crippen molar-refractivity contribution in [1.82, 2.24) is 29.3 Å². The van der Waals surface area contributed by atoms with Crippen LogP contribution in [0, 0.1) is 11.6 Å². The first-order chi connectivity index (χ1) is 29.9. The molecule has 2 amide bonds. The van der Waals surface area contributed by atoms with Crippen LogP contribution in [0.2, 0.25) is 0 Å². The maximum absolute atomic E-state index is 13.9. The number of allylic oxidation sites excluding steroid dienone is 2. The highest BCUT2D eigenvalue weighted by Crippen LogP contribution is 2.30. The van der Waals surface area contributed by atoms with E-state index in [0.717, 1.165) is 39.7 Å². The molecule has 0 spiro atoms. The van der Waals surface area contributed by atoms with E-state index in [1.807, 2.05) is 0 Å². The molecule has 352 valence electrons. The maximum atomic E-state index is 13.9. The Labute approximate surface area is 356 Å². The van der Waals surface area contributed by atoms with E-state index in [1.54, 1.807) is 0 Å². The van der Waals surface area contributed by atoms with E-state index in [9.17, 15) is 81.8 Å². The molecule has 0 radical (unpaired) electrons. The Balaban J connectivity index is 0.000000193.